The van der Waals surface area contributed by atoms with E-state index in [2.05, 4.69) is 15.7 Å². The molecule has 0 unspecified atom stereocenters. The van der Waals surface area contributed by atoms with E-state index in [4.69, 9.17) is 4.74 Å². The van der Waals surface area contributed by atoms with Crippen molar-refractivity contribution in [3.05, 3.63) is 54.4 Å². The van der Waals surface area contributed by atoms with Gasteiger partial charge in [-0.3, -0.25) is 9.59 Å². The van der Waals surface area contributed by atoms with Gasteiger partial charge in [-0.1, -0.05) is 12.1 Å². The number of amides is 2. The molecule has 0 aliphatic heterocycles. The molecule has 0 aliphatic rings. The molecule has 128 valence electrons. The number of aromatic nitrogens is 2. The van der Waals surface area contributed by atoms with Crippen molar-refractivity contribution in [2.75, 3.05) is 26.1 Å². The lowest BCUT2D eigenvalue weighted by Crippen LogP contribution is -2.17. The van der Waals surface area contributed by atoms with Gasteiger partial charge in [0.1, 0.15) is 6.61 Å². The standard InChI is InChI=1S/C18H18N4O3/c1-19-18(24)13-7-8-22-16(9-13)15(10-20-22)12-3-5-14(6-4-12)21-17(23)11-25-2/h3-10H,11H2,1-2H3,(H,19,24)(H,21,23). The molecular formula is C18H18N4O3. The number of hydrogen-bond acceptors (Lipinski definition) is 4. The van der Waals surface area contributed by atoms with Crippen LogP contribution < -0.4 is 10.6 Å². The fourth-order valence-corrected chi connectivity index (χ4v) is 2.55. The highest BCUT2D eigenvalue weighted by atomic mass is 16.5. The first-order valence-corrected chi connectivity index (χ1v) is 7.71. The van der Waals surface area contributed by atoms with Gasteiger partial charge in [0.15, 0.2) is 0 Å². The number of nitrogens with one attached hydrogen (secondary N) is 2. The van der Waals surface area contributed by atoms with Crippen LogP contribution in [0.2, 0.25) is 0 Å². The Morgan fingerprint density at radius 3 is 2.64 bits per heavy atom. The number of benzene rings is 1. The van der Waals surface area contributed by atoms with Crippen LogP contribution in [-0.2, 0) is 9.53 Å². The van der Waals surface area contributed by atoms with Crippen LogP contribution >= 0.6 is 0 Å². The number of nitrogens with zero attached hydrogens (tertiary/aromatic N) is 2. The lowest BCUT2D eigenvalue weighted by atomic mass is 10.1. The summed E-state index contributed by atoms with van der Waals surface area (Å²) in [4.78, 5) is 23.4. The Morgan fingerprint density at radius 1 is 1.20 bits per heavy atom. The summed E-state index contributed by atoms with van der Waals surface area (Å²) in [7, 11) is 3.07. The topological polar surface area (TPSA) is 84.7 Å². The number of fused-ring (bicyclic) bond motifs is 1. The highest BCUT2D eigenvalue weighted by molar-refractivity contribution is 5.96. The van der Waals surface area contributed by atoms with E-state index >= 15 is 0 Å². The van der Waals surface area contributed by atoms with Crippen molar-refractivity contribution in [3.8, 4) is 11.1 Å². The lowest BCUT2D eigenvalue weighted by Gasteiger charge is -2.06. The number of anilines is 1. The molecule has 25 heavy (non-hydrogen) atoms. The van der Waals surface area contributed by atoms with Crippen LogP contribution in [0.5, 0.6) is 0 Å². The minimum absolute atomic E-state index is 0.0120. The summed E-state index contributed by atoms with van der Waals surface area (Å²) in [6, 6.07) is 10.9. The molecule has 3 rings (SSSR count). The van der Waals surface area contributed by atoms with Crippen molar-refractivity contribution in [2.45, 2.75) is 0 Å². The number of carbonyl (C=O) groups excluding carboxylic acids is 2. The lowest BCUT2D eigenvalue weighted by molar-refractivity contribution is -0.119. The monoisotopic (exact) mass is 338 g/mol. The summed E-state index contributed by atoms with van der Waals surface area (Å²) >= 11 is 0. The van der Waals surface area contributed by atoms with Gasteiger partial charge in [0.05, 0.1) is 11.7 Å². The Balaban J connectivity index is 1.91. The van der Waals surface area contributed by atoms with Crippen LogP contribution in [0.25, 0.3) is 16.6 Å². The molecule has 0 fully saturated rings. The van der Waals surface area contributed by atoms with Crippen molar-refractivity contribution < 1.29 is 14.3 Å². The third-order valence-corrected chi connectivity index (χ3v) is 3.77. The number of hydrogen-bond donors (Lipinski definition) is 2. The average Bonchev–Trinajstić information content (AvgIpc) is 3.05. The van der Waals surface area contributed by atoms with Crippen molar-refractivity contribution in [1.82, 2.24) is 14.9 Å². The molecule has 0 radical (unpaired) electrons. The van der Waals surface area contributed by atoms with E-state index in [1.165, 1.54) is 7.11 Å². The number of carbonyl (C=O) groups is 2. The van der Waals surface area contributed by atoms with Crippen molar-refractivity contribution in [3.63, 3.8) is 0 Å². The van der Waals surface area contributed by atoms with Crippen molar-refractivity contribution >= 4 is 23.0 Å². The highest BCUT2D eigenvalue weighted by Gasteiger charge is 2.10. The first-order valence-electron chi connectivity index (χ1n) is 7.71. The molecule has 2 N–H and O–H groups in total. The van der Waals surface area contributed by atoms with Crippen LogP contribution in [0.4, 0.5) is 5.69 Å². The smallest absolute Gasteiger partial charge is 0.251 e. The SMILES string of the molecule is CNC(=O)c1ccn2ncc(-c3ccc(NC(=O)COC)cc3)c2c1. The zero-order valence-electron chi connectivity index (χ0n) is 13.9. The Labute approximate surface area is 144 Å². The summed E-state index contributed by atoms with van der Waals surface area (Å²) < 4.78 is 6.51. The molecule has 0 aliphatic carbocycles. The predicted octanol–water partition coefficient (Wildman–Crippen LogP) is 1.95. The number of methoxy groups -OCH3 is 1. The second-order valence-electron chi connectivity index (χ2n) is 5.44. The van der Waals surface area contributed by atoms with Gasteiger partial charge in [0.2, 0.25) is 5.91 Å². The van der Waals surface area contributed by atoms with Crippen molar-refractivity contribution in [2.24, 2.45) is 0 Å². The van der Waals surface area contributed by atoms with Gasteiger partial charge in [-0.25, -0.2) is 4.52 Å². The van der Waals surface area contributed by atoms with Gasteiger partial charge in [-0.15, -0.1) is 0 Å². The summed E-state index contributed by atoms with van der Waals surface area (Å²) in [5, 5.41) is 9.68. The molecule has 7 nitrogen and oxygen atoms in total. The van der Waals surface area contributed by atoms with Gasteiger partial charge in [-0.05, 0) is 29.8 Å². The molecular weight excluding hydrogens is 320 g/mol. The third kappa shape index (κ3) is 3.51. The zero-order chi connectivity index (χ0) is 17.8. The Hall–Kier alpha value is -3.19. The maximum Gasteiger partial charge on any atom is 0.251 e. The predicted molar refractivity (Wildman–Crippen MR) is 94.5 cm³/mol. The number of rotatable bonds is 5. The van der Waals surface area contributed by atoms with Gasteiger partial charge in [-0.2, -0.15) is 5.10 Å². The molecule has 0 atom stereocenters. The molecule has 2 aromatic heterocycles. The van der Waals surface area contributed by atoms with Crippen LogP contribution in [-0.4, -0.2) is 42.2 Å². The zero-order valence-corrected chi connectivity index (χ0v) is 13.9. The Morgan fingerprint density at radius 2 is 1.96 bits per heavy atom. The highest BCUT2D eigenvalue weighted by Crippen LogP contribution is 2.26. The largest absolute Gasteiger partial charge is 0.375 e. The molecule has 7 heteroatoms. The van der Waals surface area contributed by atoms with Gasteiger partial charge in [0, 0.05) is 37.2 Å². The van der Waals surface area contributed by atoms with E-state index in [1.54, 1.807) is 36.1 Å². The Kier molecular flexibility index (Phi) is 4.76. The molecule has 2 heterocycles. The summed E-state index contributed by atoms with van der Waals surface area (Å²) in [6.07, 6.45) is 3.50. The van der Waals surface area contributed by atoms with Crippen LogP contribution in [0.15, 0.2) is 48.8 Å². The van der Waals surface area contributed by atoms with E-state index in [-0.39, 0.29) is 18.4 Å². The molecule has 0 bridgehead atoms. The second kappa shape index (κ2) is 7.14. The third-order valence-electron chi connectivity index (χ3n) is 3.77. The second-order valence-corrected chi connectivity index (χ2v) is 5.44. The van der Waals surface area contributed by atoms with E-state index in [9.17, 15) is 9.59 Å². The number of pyridine rings is 1. The molecule has 3 aromatic rings. The maximum atomic E-state index is 11.8. The first kappa shape index (κ1) is 16.7. The minimum atomic E-state index is -0.207. The van der Waals surface area contributed by atoms with Crippen LogP contribution in [0.1, 0.15) is 10.4 Å². The molecule has 0 saturated carbocycles. The van der Waals surface area contributed by atoms with E-state index in [0.29, 0.717) is 11.3 Å². The van der Waals surface area contributed by atoms with Gasteiger partial charge >= 0.3 is 0 Å². The minimum Gasteiger partial charge on any atom is -0.375 e. The van der Waals surface area contributed by atoms with Gasteiger partial charge in [0.25, 0.3) is 5.91 Å². The molecule has 2 amide bonds. The normalized spacial score (nSPS) is 10.6. The maximum absolute atomic E-state index is 11.8. The quantitative estimate of drug-likeness (QED) is 0.745. The summed E-state index contributed by atoms with van der Waals surface area (Å²) in [6.45, 7) is 0.0120. The Bertz CT molecular complexity index is 916. The van der Waals surface area contributed by atoms with Crippen LogP contribution in [0, 0.1) is 0 Å². The number of ether oxygens (including phenoxy) is 1. The van der Waals surface area contributed by atoms with Crippen LogP contribution in [0.3, 0.4) is 0 Å². The molecule has 0 spiro atoms. The van der Waals surface area contributed by atoms with Crippen molar-refractivity contribution in [1.29, 1.82) is 0 Å². The fourth-order valence-electron chi connectivity index (χ4n) is 2.55. The fraction of sp³-hybridized carbons (Fsp3) is 0.167. The van der Waals surface area contributed by atoms with E-state index < -0.39 is 0 Å². The van der Waals surface area contributed by atoms with E-state index in [1.807, 2.05) is 24.3 Å². The summed E-state index contributed by atoms with van der Waals surface area (Å²) in [5.41, 5.74) is 3.93. The average molecular weight is 338 g/mol. The van der Waals surface area contributed by atoms with E-state index in [0.717, 1.165) is 16.6 Å². The first-order chi connectivity index (χ1) is 12.1. The molecule has 1 aromatic carbocycles. The van der Waals surface area contributed by atoms with Gasteiger partial charge < -0.3 is 15.4 Å². The summed E-state index contributed by atoms with van der Waals surface area (Å²) in [5.74, 6) is -0.354. The molecule has 0 saturated heterocycles.